The number of halogens is 1. The molecule has 0 saturated carbocycles. The fourth-order valence-electron chi connectivity index (χ4n) is 2.71. The van der Waals surface area contributed by atoms with Crippen LogP contribution in [-0.2, 0) is 6.54 Å². The van der Waals surface area contributed by atoms with E-state index in [4.69, 9.17) is 5.73 Å². The molecule has 7 heteroatoms. The molecule has 0 radical (unpaired) electrons. The van der Waals surface area contributed by atoms with Gasteiger partial charge < -0.3 is 11.1 Å². The van der Waals surface area contributed by atoms with Crippen LogP contribution < -0.4 is 11.1 Å². The molecule has 0 amide bonds. The minimum absolute atomic E-state index is 0.00130. The second-order valence-corrected chi connectivity index (χ2v) is 5.68. The van der Waals surface area contributed by atoms with Gasteiger partial charge in [-0.1, -0.05) is 24.3 Å². The number of nitrogens with one attached hydrogen (secondary N) is 1. The van der Waals surface area contributed by atoms with Crippen LogP contribution in [0.25, 0.3) is 0 Å². The van der Waals surface area contributed by atoms with E-state index in [1.807, 2.05) is 0 Å². The number of hydrogen-bond donors (Lipinski definition) is 2. The first-order valence-electron chi connectivity index (χ1n) is 7.77. The first-order chi connectivity index (χ1) is 12.1. The van der Waals surface area contributed by atoms with Gasteiger partial charge in [-0.25, -0.2) is 4.39 Å². The molecule has 2 aromatic carbocycles. The average Bonchev–Trinajstić information content (AvgIpc) is 3.03. The van der Waals surface area contributed by atoms with Crippen molar-refractivity contribution in [3.8, 4) is 0 Å². The maximum absolute atomic E-state index is 14.3. The van der Waals surface area contributed by atoms with Crippen LogP contribution in [0.4, 0.5) is 10.1 Å². The van der Waals surface area contributed by atoms with Crippen LogP contribution in [0.15, 0.2) is 64.8 Å². The molecule has 6 nitrogen and oxygen atoms in total. The predicted octanol–water partition coefficient (Wildman–Crippen LogP) is 2.54. The molecule has 0 aromatic heterocycles. The van der Waals surface area contributed by atoms with Gasteiger partial charge in [-0.2, -0.15) is 0 Å². The Balaban J connectivity index is 1.99. The molecule has 2 aromatic rings. The van der Waals surface area contributed by atoms with Crippen LogP contribution in [-0.4, -0.2) is 23.7 Å². The van der Waals surface area contributed by atoms with Gasteiger partial charge in [0.05, 0.1) is 17.2 Å². The van der Waals surface area contributed by atoms with E-state index in [1.165, 1.54) is 18.2 Å². The predicted molar refractivity (Wildman–Crippen MR) is 93.8 cm³/mol. The minimum atomic E-state index is -0.452. The molecule has 0 fully saturated rings. The Morgan fingerprint density at radius 3 is 2.72 bits per heavy atom. The number of benzene rings is 2. The minimum Gasteiger partial charge on any atom is -0.401 e. The van der Waals surface area contributed by atoms with Crippen molar-refractivity contribution in [1.82, 2.24) is 5.32 Å². The summed E-state index contributed by atoms with van der Waals surface area (Å²) in [5.74, 6) is -0.382. The van der Waals surface area contributed by atoms with Crippen molar-refractivity contribution in [2.75, 3.05) is 13.1 Å². The van der Waals surface area contributed by atoms with E-state index in [2.05, 4.69) is 10.3 Å². The normalized spacial score (nSPS) is 14.8. The summed E-state index contributed by atoms with van der Waals surface area (Å²) < 4.78 is 14.3. The highest BCUT2D eigenvalue weighted by atomic mass is 19.1. The number of aliphatic imine (C=N–C) groups is 1. The Morgan fingerprint density at radius 1 is 1.24 bits per heavy atom. The van der Waals surface area contributed by atoms with E-state index >= 15 is 0 Å². The molecule has 0 bridgehead atoms. The van der Waals surface area contributed by atoms with Gasteiger partial charge in [0, 0.05) is 42.1 Å². The summed E-state index contributed by atoms with van der Waals surface area (Å²) in [6.45, 7) is 1.23. The second kappa shape index (κ2) is 7.23. The smallest absolute Gasteiger partial charge is 0.269 e. The average molecular weight is 340 g/mol. The molecule has 0 aliphatic carbocycles. The molecule has 0 spiro atoms. The van der Waals surface area contributed by atoms with E-state index in [1.54, 1.807) is 30.3 Å². The van der Waals surface area contributed by atoms with Crippen LogP contribution >= 0.6 is 0 Å². The molecule has 0 atom stereocenters. The highest BCUT2D eigenvalue weighted by Crippen LogP contribution is 2.19. The Morgan fingerprint density at radius 2 is 2.04 bits per heavy atom. The molecule has 25 heavy (non-hydrogen) atoms. The SMILES string of the molecule is NC1=C(C(=NCc2cccc([N+](=O)[O-])c2)c2ccccc2F)CNC1. The highest BCUT2D eigenvalue weighted by molar-refractivity contribution is 6.13. The molecule has 0 unspecified atom stereocenters. The van der Waals surface area contributed by atoms with Gasteiger partial charge in [-0.05, 0) is 17.7 Å². The first kappa shape index (κ1) is 16.8. The van der Waals surface area contributed by atoms with E-state index in [-0.39, 0.29) is 18.0 Å². The molecular weight excluding hydrogens is 323 g/mol. The maximum Gasteiger partial charge on any atom is 0.269 e. The largest absolute Gasteiger partial charge is 0.401 e. The zero-order chi connectivity index (χ0) is 17.8. The Kier molecular flexibility index (Phi) is 4.85. The summed E-state index contributed by atoms with van der Waals surface area (Å²) in [5, 5.41) is 14.0. The standard InChI is InChI=1S/C18H17FN4O2/c19-16-7-2-1-6-14(16)18(15-10-21-11-17(15)20)22-9-12-4-3-5-13(8-12)23(24)25/h1-8,21H,9-11,20H2. The van der Waals surface area contributed by atoms with E-state index in [9.17, 15) is 14.5 Å². The summed E-state index contributed by atoms with van der Waals surface area (Å²) in [7, 11) is 0. The number of nitrogens with zero attached hydrogens (tertiary/aromatic N) is 2. The molecule has 3 rings (SSSR count). The first-order valence-corrected chi connectivity index (χ1v) is 7.77. The molecule has 1 heterocycles. The third-order valence-corrected chi connectivity index (χ3v) is 3.96. The highest BCUT2D eigenvalue weighted by Gasteiger charge is 2.20. The van der Waals surface area contributed by atoms with Crippen LogP contribution in [0.3, 0.4) is 0 Å². The van der Waals surface area contributed by atoms with Crippen molar-refractivity contribution >= 4 is 11.4 Å². The van der Waals surface area contributed by atoms with E-state index in [0.29, 0.717) is 35.6 Å². The fraction of sp³-hybridized carbons (Fsp3) is 0.167. The molecule has 1 aliphatic heterocycles. The summed E-state index contributed by atoms with van der Waals surface area (Å²) in [6, 6.07) is 12.6. The Hall–Kier alpha value is -3.06. The zero-order valence-corrected chi connectivity index (χ0v) is 13.4. The zero-order valence-electron chi connectivity index (χ0n) is 13.4. The topological polar surface area (TPSA) is 93.5 Å². The second-order valence-electron chi connectivity index (χ2n) is 5.68. The summed E-state index contributed by atoms with van der Waals surface area (Å²) >= 11 is 0. The number of hydrogen-bond acceptors (Lipinski definition) is 5. The summed E-state index contributed by atoms with van der Waals surface area (Å²) in [4.78, 5) is 15.0. The quantitative estimate of drug-likeness (QED) is 0.497. The Bertz CT molecular complexity index is 877. The van der Waals surface area contributed by atoms with E-state index < -0.39 is 4.92 Å². The van der Waals surface area contributed by atoms with Gasteiger partial charge in [0.15, 0.2) is 0 Å². The van der Waals surface area contributed by atoms with Crippen LogP contribution in [0, 0.1) is 15.9 Å². The molecule has 0 saturated heterocycles. The monoisotopic (exact) mass is 340 g/mol. The third kappa shape index (κ3) is 3.72. The maximum atomic E-state index is 14.3. The Labute approximate surface area is 144 Å². The third-order valence-electron chi connectivity index (χ3n) is 3.96. The van der Waals surface area contributed by atoms with Crippen LogP contribution in [0.5, 0.6) is 0 Å². The van der Waals surface area contributed by atoms with Gasteiger partial charge in [0.25, 0.3) is 5.69 Å². The number of non-ortho nitro benzene ring substituents is 1. The molecule has 128 valence electrons. The van der Waals surface area contributed by atoms with Gasteiger partial charge in [0.2, 0.25) is 0 Å². The van der Waals surface area contributed by atoms with Gasteiger partial charge in [-0.3, -0.25) is 15.1 Å². The van der Waals surface area contributed by atoms with Crippen LogP contribution in [0.1, 0.15) is 11.1 Å². The van der Waals surface area contributed by atoms with Gasteiger partial charge in [-0.15, -0.1) is 0 Å². The molecular formula is C18H17FN4O2. The summed E-state index contributed by atoms with van der Waals surface area (Å²) in [5.41, 5.74) is 8.93. The van der Waals surface area contributed by atoms with Crippen molar-refractivity contribution in [3.05, 3.63) is 86.9 Å². The fourth-order valence-corrected chi connectivity index (χ4v) is 2.71. The van der Waals surface area contributed by atoms with Crippen molar-refractivity contribution < 1.29 is 9.31 Å². The van der Waals surface area contributed by atoms with Crippen molar-refractivity contribution in [2.45, 2.75) is 6.54 Å². The molecule has 3 N–H and O–H groups in total. The van der Waals surface area contributed by atoms with Crippen molar-refractivity contribution in [1.29, 1.82) is 0 Å². The number of rotatable bonds is 5. The lowest BCUT2D eigenvalue weighted by Crippen LogP contribution is -2.15. The van der Waals surface area contributed by atoms with Crippen molar-refractivity contribution in [3.63, 3.8) is 0 Å². The number of nitrogens with two attached hydrogens (primary N) is 1. The molecule has 1 aliphatic rings. The lowest BCUT2D eigenvalue weighted by atomic mass is 10.0. The summed E-state index contributed by atoms with van der Waals surface area (Å²) in [6.07, 6.45) is 0. The van der Waals surface area contributed by atoms with Crippen LogP contribution in [0.2, 0.25) is 0 Å². The lowest BCUT2D eigenvalue weighted by molar-refractivity contribution is -0.384. The number of nitro groups is 1. The van der Waals surface area contributed by atoms with Crippen molar-refractivity contribution in [2.24, 2.45) is 10.7 Å². The van der Waals surface area contributed by atoms with E-state index in [0.717, 1.165) is 5.57 Å². The lowest BCUT2D eigenvalue weighted by Gasteiger charge is -2.10. The van der Waals surface area contributed by atoms with Gasteiger partial charge >= 0.3 is 0 Å². The number of nitro benzene ring substituents is 1. The van der Waals surface area contributed by atoms with Gasteiger partial charge in [0.1, 0.15) is 5.82 Å².